The first-order valence-corrected chi connectivity index (χ1v) is 8.02. The number of ketones is 1. The van der Waals surface area contributed by atoms with E-state index in [0.29, 0.717) is 17.7 Å². The molecule has 0 aliphatic rings. The van der Waals surface area contributed by atoms with Crippen LogP contribution in [0.25, 0.3) is 11.3 Å². The van der Waals surface area contributed by atoms with E-state index < -0.39 is 17.9 Å². The van der Waals surface area contributed by atoms with Crippen molar-refractivity contribution >= 4 is 17.7 Å². The molecule has 0 spiro atoms. The summed E-state index contributed by atoms with van der Waals surface area (Å²) in [6, 6.07) is 9.00. The fraction of sp³-hybridized carbons (Fsp3) is 0.316. The maximum absolute atomic E-state index is 12.2. The topological polar surface area (TPSA) is 96.6 Å². The molecular weight excluding hydrogens is 322 g/mol. The van der Waals surface area contributed by atoms with Crippen LogP contribution in [0, 0.1) is 5.92 Å². The van der Waals surface area contributed by atoms with Gasteiger partial charge in [0.05, 0.1) is 0 Å². The molecule has 1 aromatic heterocycles. The van der Waals surface area contributed by atoms with Crippen molar-refractivity contribution in [1.82, 2.24) is 5.32 Å². The van der Waals surface area contributed by atoms with E-state index in [-0.39, 0.29) is 17.5 Å². The number of Topliss-reactive ketones (excluding diaryl/α,β-unsaturated/α-hetero) is 1. The molecule has 0 saturated carbocycles. The number of carboxylic acids is 1. The van der Waals surface area contributed by atoms with E-state index in [2.05, 4.69) is 5.32 Å². The van der Waals surface area contributed by atoms with Crippen LogP contribution in [-0.2, 0) is 4.79 Å². The summed E-state index contributed by atoms with van der Waals surface area (Å²) >= 11 is 0. The van der Waals surface area contributed by atoms with Gasteiger partial charge in [-0.05, 0) is 31.4 Å². The van der Waals surface area contributed by atoms with Crippen molar-refractivity contribution in [3.05, 3.63) is 47.7 Å². The molecule has 6 nitrogen and oxygen atoms in total. The number of carbonyl (C=O) groups is 3. The second kappa shape index (κ2) is 7.79. The molecule has 1 heterocycles. The number of nitrogens with one attached hydrogen (secondary N) is 1. The molecule has 132 valence electrons. The fourth-order valence-corrected chi connectivity index (χ4v) is 2.41. The third-order valence-electron chi connectivity index (χ3n) is 3.72. The van der Waals surface area contributed by atoms with Crippen molar-refractivity contribution in [2.75, 3.05) is 0 Å². The van der Waals surface area contributed by atoms with Crippen LogP contribution in [0.5, 0.6) is 0 Å². The van der Waals surface area contributed by atoms with Gasteiger partial charge in [0, 0.05) is 11.1 Å². The Hall–Kier alpha value is -2.89. The monoisotopic (exact) mass is 343 g/mol. The molecule has 6 heteroatoms. The largest absolute Gasteiger partial charge is 0.480 e. The summed E-state index contributed by atoms with van der Waals surface area (Å²) in [4.78, 5) is 34.8. The normalized spacial score (nSPS) is 12.0. The minimum Gasteiger partial charge on any atom is -0.480 e. The van der Waals surface area contributed by atoms with Crippen molar-refractivity contribution < 1.29 is 23.9 Å². The summed E-state index contributed by atoms with van der Waals surface area (Å²) in [6.07, 6.45) is 0.334. The molecule has 0 aliphatic heterocycles. The Morgan fingerprint density at radius 2 is 1.72 bits per heavy atom. The molecule has 25 heavy (non-hydrogen) atoms. The number of hydrogen-bond acceptors (Lipinski definition) is 4. The Balaban J connectivity index is 2.12. The Morgan fingerprint density at radius 3 is 2.24 bits per heavy atom. The number of hydrogen-bond donors (Lipinski definition) is 2. The van der Waals surface area contributed by atoms with Gasteiger partial charge in [0.25, 0.3) is 5.91 Å². The van der Waals surface area contributed by atoms with E-state index in [4.69, 9.17) is 4.42 Å². The first-order valence-electron chi connectivity index (χ1n) is 8.02. The summed E-state index contributed by atoms with van der Waals surface area (Å²) in [5.41, 5.74) is 1.31. The lowest BCUT2D eigenvalue weighted by atomic mass is 10.0. The number of aliphatic carboxylic acids is 1. The average Bonchev–Trinajstić information content (AvgIpc) is 3.03. The van der Waals surface area contributed by atoms with E-state index >= 15 is 0 Å². The standard InChI is InChI=1S/C19H21NO5/c1-11(2)10-15(19(23)24)20-18(22)17-9-8-16(25-17)14-6-4-13(5-7-14)12(3)21/h4-9,11,15H,10H2,1-3H3,(H,20,22)(H,23,24). The van der Waals surface area contributed by atoms with Crippen LogP contribution >= 0.6 is 0 Å². The highest BCUT2D eigenvalue weighted by Crippen LogP contribution is 2.23. The maximum Gasteiger partial charge on any atom is 0.326 e. The first-order chi connectivity index (χ1) is 11.8. The molecule has 2 aromatic rings. The predicted octanol–water partition coefficient (Wildman–Crippen LogP) is 3.38. The zero-order chi connectivity index (χ0) is 18.6. The zero-order valence-electron chi connectivity index (χ0n) is 14.4. The molecule has 0 saturated heterocycles. The number of amides is 1. The molecule has 2 rings (SSSR count). The van der Waals surface area contributed by atoms with Gasteiger partial charge in [0.1, 0.15) is 11.8 Å². The van der Waals surface area contributed by atoms with Crippen LogP contribution < -0.4 is 5.32 Å². The first kappa shape index (κ1) is 18.4. The van der Waals surface area contributed by atoms with Gasteiger partial charge in [-0.3, -0.25) is 9.59 Å². The number of rotatable bonds is 7. The van der Waals surface area contributed by atoms with Gasteiger partial charge in [0.15, 0.2) is 11.5 Å². The molecule has 0 radical (unpaired) electrons. The third kappa shape index (κ3) is 4.79. The highest BCUT2D eigenvalue weighted by atomic mass is 16.4. The van der Waals surface area contributed by atoms with Gasteiger partial charge in [-0.2, -0.15) is 0 Å². The zero-order valence-corrected chi connectivity index (χ0v) is 14.4. The Morgan fingerprint density at radius 1 is 1.08 bits per heavy atom. The molecule has 0 bridgehead atoms. The van der Waals surface area contributed by atoms with Gasteiger partial charge in [-0.25, -0.2) is 4.79 Å². The molecular formula is C19H21NO5. The maximum atomic E-state index is 12.2. The van der Waals surface area contributed by atoms with Gasteiger partial charge >= 0.3 is 5.97 Å². The summed E-state index contributed by atoms with van der Waals surface area (Å²) in [7, 11) is 0. The van der Waals surface area contributed by atoms with E-state index in [9.17, 15) is 19.5 Å². The highest BCUT2D eigenvalue weighted by Gasteiger charge is 2.23. The van der Waals surface area contributed by atoms with Crippen molar-refractivity contribution in [1.29, 1.82) is 0 Å². The lowest BCUT2D eigenvalue weighted by Gasteiger charge is -2.15. The van der Waals surface area contributed by atoms with Gasteiger partial charge in [-0.1, -0.05) is 38.1 Å². The third-order valence-corrected chi connectivity index (χ3v) is 3.72. The second-order valence-electron chi connectivity index (χ2n) is 6.29. The van der Waals surface area contributed by atoms with Crippen molar-refractivity contribution in [2.24, 2.45) is 5.92 Å². The molecule has 2 N–H and O–H groups in total. The van der Waals surface area contributed by atoms with Gasteiger partial charge in [-0.15, -0.1) is 0 Å². The van der Waals surface area contributed by atoms with Crippen LogP contribution in [0.4, 0.5) is 0 Å². The highest BCUT2D eigenvalue weighted by molar-refractivity contribution is 5.95. The van der Waals surface area contributed by atoms with Crippen LogP contribution in [0.15, 0.2) is 40.8 Å². The fourth-order valence-electron chi connectivity index (χ4n) is 2.41. The predicted molar refractivity (Wildman–Crippen MR) is 92.5 cm³/mol. The number of benzene rings is 1. The number of furan rings is 1. The Labute approximate surface area is 145 Å². The van der Waals surface area contributed by atoms with Crippen LogP contribution in [0.3, 0.4) is 0 Å². The minimum absolute atomic E-state index is 0.0315. The summed E-state index contributed by atoms with van der Waals surface area (Å²) in [5.74, 6) is -1.03. The molecule has 1 unspecified atom stereocenters. The average molecular weight is 343 g/mol. The minimum atomic E-state index is -1.08. The summed E-state index contributed by atoms with van der Waals surface area (Å²) in [6.45, 7) is 5.26. The van der Waals surface area contributed by atoms with Crippen molar-refractivity contribution in [3.63, 3.8) is 0 Å². The molecule has 0 fully saturated rings. The lowest BCUT2D eigenvalue weighted by molar-refractivity contribution is -0.139. The van der Waals surface area contributed by atoms with E-state index in [1.807, 2.05) is 13.8 Å². The van der Waals surface area contributed by atoms with Crippen LogP contribution in [0.1, 0.15) is 48.1 Å². The Kier molecular flexibility index (Phi) is 5.75. The van der Waals surface area contributed by atoms with Crippen molar-refractivity contribution in [2.45, 2.75) is 33.2 Å². The van der Waals surface area contributed by atoms with Crippen molar-refractivity contribution in [3.8, 4) is 11.3 Å². The number of carbonyl (C=O) groups excluding carboxylic acids is 2. The summed E-state index contributed by atoms with van der Waals surface area (Å²) < 4.78 is 5.53. The lowest BCUT2D eigenvalue weighted by Crippen LogP contribution is -2.41. The number of carboxylic acid groups (broad SMARTS) is 1. The van der Waals surface area contributed by atoms with Gasteiger partial charge < -0.3 is 14.8 Å². The molecule has 0 aliphatic carbocycles. The quantitative estimate of drug-likeness (QED) is 0.751. The van der Waals surface area contributed by atoms with Crippen LogP contribution in [-0.4, -0.2) is 28.8 Å². The van der Waals surface area contributed by atoms with E-state index in [1.165, 1.54) is 13.0 Å². The molecule has 1 aromatic carbocycles. The smallest absolute Gasteiger partial charge is 0.326 e. The van der Waals surface area contributed by atoms with Gasteiger partial charge in [0.2, 0.25) is 0 Å². The second-order valence-corrected chi connectivity index (χ2v) is 6.29. The van der Waals surface area contributed by atoms with Crippen LogP contribution in [0.2, 0.25) is 0 Å². The van der Waals surface area contributed by atoms with E-state index in [1.54, 1.807) is 30.3 Å². The molecule has 1 amide bonds. The van der Waals surface area contributed by atoms with E-state index in [0.717, 1.165) is 5.56 Å². The molecule has 1 atom stereocenters. The Bertz CT molecular complexity index is 773. The SMILES string of the molecule is CC(=O)c1ccc(-c2ccc(C(=O)NC(CC(C)C)C(=O)O)o2)cc1. The summed E-state index contributed by atoms with van der Waals surface area (Å²) in [5, 5.41) is 11.7.